The van der Waals surface area contributed by atoms with E-state index in [0.717, 1.165) is 20.1 Å². The molecule has 8 heteroatoms. The Morgan fingerprint density at radius 1 is 1.45 bits per heavy atom. The molecule has 0 aliphatic heterocycles. The molecule has 2 unspecified atom stereocenters. The summed E-state index contributed by atoms with van der Waals surface area (Å²) in [4.78, 5) is 33.6. The Morgan fingerprint density at radius 3 is 2.82 bits per heavy atom. The standard InChI is InChI=1S/C14H17N3O3S2/c1-4-10(14(19)20)17-11(18)8(3)22-13-9-5-7(2)21-12(9)15-6-16-13/h5-6,8,10H,4H2,1-3H3,(H,17,18)(H,19,20). The van der Waals surface area contributed by atoms with E-state index in [-0.39, 0.29) is 5.91 Å². The molecule has 2 heterocycles. The van der Waals surface area contributed by atoms with Gasteiger partial charge in [-0.15, -0.1) is 11.3 Å². The quantitative estimate of drug-likeness (QED) is 0.620. The molecule has 1 amide bonds. The Labute approximate surface area is 136 Å². The van der Waals surface area contributed by atoms with Crippen molar-refractivity contribution in [3.05, 3.63) is 17.3 Å². The van der Waals surface area contributed by atoms with E-state index in [1.807, 2.05) is 13.0 Å². The van der Waals surface area contributed by atoms with Crippen LogP contribution in [0.25, 0.3) is 10.2 Å². The van der Waals surface area contributed by atoms with Crippen LogP contribution in [0.1, 0.15) is 25.1 Å². The van der Waals surface area contributed by atoms with Crippen LogP contribution in [0.2, 0.25) is 0 Å². The van der Waals surface area contributed by atoms with Gasteiger partial charge in [-0.05, 0) is 26.3 Å². The molecule has 0 saturated heterocycles. The minimum absolute atomic E-state index is 0.307. The van der Waals surface area contributed by atoms with Crippen LogP contribution < -0.4 is 5.32 Å². The Kier molecular flexibility index (Phi) is 5.36. The number of aryl methyl sites for hydroxylation is 1. The van der Waals surface area contributed by atoms with E-state index in [0.29, 0.717) is 6.42 Å². The van der Waals surface area contributed by atoms with Gasteiger partial charge in [0.25, 0.3) is 0 Å². The molecule has 0 aliphatic carbocycles. The van der Waals surface area contributed by atoms with Crippen molar-refractivity contribution in [3.8, 4) is 0 Å². The van der Waals surface area contributed by atoms with Crippen molar-refractivity contribution in [2.45, 2.75) is 43.5 Å². The number of hydrogen-bond donors (Lipinski definition) is 2. The first-order valence-electron chi connectivity index (χ1n) is 6.83. The number of aromatic nitrogens is 2. The lowest BCUT2D eigenvalue weighted by Crippen LogP contribution is -2.43. The maximum Gasteiger partial charge on any atom is 0.326 e. The molecule has 0 spiro atoms. The van der Waals surface area contributed by atoms with Crippen molar-refractivity contribution in [1.29, 1.82) is 0 Å². The highest BCUT2D eigenvalue weighted by Gasteiger charge is 2.23. The van der Waals surface area contributed by atoms with Crippen LogP contribution in [0.15, 0.2) is 17.4 Å². The van der Waals surface area contributed by atoms with Gasteiger partial charge in [0.15, 0.2) is 0 Å². The summed E-state index contributed by atoms with van der Waals surface area (Å²) in [6.45, 7) is 5.45. The molecule has 0 saturated carbocycles. The minimum Gasteiger partial charge on any atom is -0.480 e. The van der Waals surface area contributed by atoms with Gasteiger partial charge in [0.1, 0.15) is 22.2 Å². The van der Waals surface area contributed by atoms with Gasteiger partial charge >= 0.3 is 5.97 Å². The highest BCUT2D eigenvalue weighted by atomic mass is 32.2. The zero-order valence-electron chi connectivity index (χ0n) is 12.5. The molecular formula is C14H17N3O3S2. The molecular weight excluding hydrogens is 322 g/mol. The molecule has 2 aromatic heterocycles. The van der Waals surface area contributed by atoms with Crippen molar-refractivity contribution in [2.75, 3.05) is 0 Å². The second-order valence-electron chi connectivity index (χ2n) is 4.82. The van der Waals surface area contributed by atoms with E-state index in [4.69, 9.17) is 5.11 Å². The van der Waals surface area contributed by atoms with Crippen molar-refractivity contribution in [2.24, 2.45) is 0 Å². The average molecular weight is 339 g/mol. The summed E-state index contributed by atoms with van der Waals surface area (Å²) in [5, 5.41) is 12.8. The molecule has 2 aromatic rings. The minimum atomic E-state index is -1.02. The number of carbonyl (C=O) groups is 2. The molecule has 0 radical (unpaired) electrons. The van der Waals surface area contributed by atoms with E-state index >= 15 is 0 Å². The summed E-state index contributed by atoms with van der Waals surface area (Å²) in [7, 11) is 0. The number of nitrogens with one attached hydrogen (secondary N) is 1. The average Bonchev–Trinajstić information content (AvgIpc) is 2.85. The maximum absolute atomic E-state index is 12.1. The number of carboxylic acids is 1. The smallest absolute Gasteiger partial charge is 0.326 e. The van der Waals surface area contributed by atoms with Crippen molar-refractivity contribution in [3.63, 3.8) is 0 Å². The normalized spacial score (nSPS) is 13.8. The van der Waals surface area contributed by atoms with Crippen LogP contribution in [0.4, 0.5) is 0 Å². The SMILES string of the molecule is CCC(NC(=O)C(C)Sc1ncnc2sc(C)cc12)C(=O)O. The number of thiophene rings is 1. The number of carbonyl (C=O) groups excluding carboxylic acids is 1. The van der Waals surface area contributed by atoms with Gasteiger partial charge in [0.2, 0.25) is 5.91 Å². The summed E-state index contributed by atoms with van der Waals surface area (Å²) < 4.78 is 0. The van der Waals surface area contributed by atoms with Gasteiger partial charge in [-0.2, -0.15) is 0 Å². The summed E-state index contributed by atoms with van der Waals surface area (Å²) in [5.41, 5.74) is 0. The number of nitrogens with zero attached hydrogens (tertiary/aromatic N) is 2. The first kappa shape index (κ1) is 16.7. The van der Waals surface area contributed by atoms with E-state index in [9.17, 15) is 9.59 Å². The van der Waals surface area contributed by atoms with Crippen LogP contribution in [0.3, 0.4) is 0 Å². The first-order chi connectivity index (χ1) is 10.4. The Balaban J connectivity index is 2.11. The number of hydrogen-bond acceptors (Lipinski definition) is 6. The molecule has 2 rings (SSSR count). The monoisotopic (exact) mass is 339 g/mol. The number of aliphatic carboxylic acids is 1. The number of carboxylic acid groups (broad SMARTS) is 1. The Hall–Kier alpha value is -1.67. The fourth-order valence-electron chi connectivity index (χ4n) is 1.90. The maximum atomic E-state index is 12.1. The molecule has 2 atom stereocenters. The Morgan fingerprint density at radius 2 is 2.18 bits per heavy atom. The number of fused-ring (bicyclic) bond motifs is 1. The second-order valence-corrected chi connectivity index (χ2v) is 7.39. The summed E-state index contributed by atoms with van der Waals surface area (Å²) in [6.07, 6.45) is 1.83. The van der Waals surface area contributed by atoms with Crippen molar-refractivity contribution in [1.82, 2.24) is 15.3 Å². The molecule has 22 heavy (non-hydrogen) atoms. The lowest BCUT2D eigenvalue weighted by molar-refractivity contribution is -0.141. The predicted molar refractivity (Wildman–Crippen MR) is 87.3 cm³/mol. The second kappa shape index (κ2) is 7.06. The number of rotatable bonds is 6. The van der Waals surface area contributed by atoms with E-state index in [1.54, 1.807) is 25.2 Å². The van der Waals surface area contributed by atoms with E-state index < -0.39 is 17.3 Å². The zero-order valence-corrected chi connectivity index (χ0v) is 14.1. The summed E-state index contributed by atoms with van der Waals surface area (Å²) in [5.74, 6) is -1.33. The number of thioether (sulfide) groups is 1. The fraction of sp³-hybridized carbons (Fsp3) is 0.429. The molecule has 0 fully saturated rings. The van der Waals surface area contributed by atoms with Crippen molar-refractivity contribution >= 4 is 45.2 Å². The molecule has 0 aliphatic rings. The highest BCUT2D eigenvalue weighted by Crippen LogP contribution is 2.32. The molecule has 6 nitrogen and oxygen atoms in total. The fourth-order valence-corrected chi connectivity index (χ4v) is 3.71. The summed E-state index contributed by atoms with van der Waals surface area (Å²) >= 11 is 2.89. The zero-order chi connectivity index (χ0) is 16.3. The molecule has 118 valence electrons. The van der Waals surface area contributed by atoms with Gasteiger partial charge in [0.05, 0.1) is 5.25 Å². The van der Waals surface area contributed by atoms with Crippen LogP contribution >= 0.6 is 23.1 Å². The molecule has 0 aromatic carbocycles. The molecule has 2 N–H and O–H groups in total. The van der Waals surface area contributed by atoms with Crippen LogP contribution in [-0.4, -0.2) is 38.2 Å². The molecule has 0 bridgehead atoms. The van der Waals surface area contributed by atoms with E-state index in [1.165, 1.54) is 18.1 Å². The van der Waals surface area contributed by atoms with Crippen LogP contribution in [0, 0.1) is 6.92 Å². The summed E-state index contributed by atoms with van der Waals surface area (Å²) in [6, 6.07) is 1.14. The van der Waals surface area contributed by atoms with Crippen LogP contribution in [-0.2, 0) is 9.59 Å². The lowest BCUT2D eigenvalue weighted by Gasteiger charge is -2.16. The Bertz CT molecular complexity index is 702. The van der Waals surface area contributed by atoms with Gasteiger partial charge < -0.3 is 10.4 Å². The largest absolute Gasteiger partial charge is 0.480 e. The van der Waals surface area contributed by atoms with Gasteiger partial charge in [0, 0.05) is 10.3 Å². The van der Waals surface area contributed by atoms with Crippen LogP contribution in [0.5, 0.6) is 0 Å². The topological polar surface area (TPSA) is 92.2 Å². The van der Waals surface area contributed by atoms with Gasteiger partial charge in [-0.3, -0.25) is 4.79 Å². The van der Waals surface area contributed by atoms with Crippen molar-refractivity contribution < 1.29 is 14.7 Å². The lowest BCUT2D eigenvalue weighted by atomic mass is 10.2. The highest BCUT2D eigenvalue weighted by molar-refractivity contribution is 8.00. The third-order valence-electron chi connectivity index (χ3n) is 3.10. The van der Waals surface area contributed by atoms with Gasteiger partial charge in [-0.25, -0.2) is 14.8 Å². The van der Waals surface area contributed by atoms with E-state index in [2.05, 4.69) is 15.3 Å². The number of amides is 1. The first-order valence-corrected chi connectivity index (χ1v) is 8.53. The van der Waals surface area contributed by atoms with Gasteiger partial charge in [-0.1, -0.05) is 18.7 Å². The predicted octanol–water partition coefficient (Wildman–Crippen LogP) is 2.46. The third kappa shape index (κ3) is 3.75. The third-order valence-corrected chi connectivity index (χ3v) is 5.17.